The third kappa shape index (κ3) is 9.36. The van der Waals surface area contributed by atoms with Crippen molar-refractivity contribution in [3.05, 3.63) is 36.5 Å². The van der Waals surface area contributed by atoms with E-state index in [1.165, 1.54) is 18.2 Å². The number of carbonyl (C=O) groups is 4. The lowest BCUT2D eigenvalue weighted by Gasteiger charge is -2.35. The fraction of sp³-hybridized carbons (Fsp3) is 0.643. The smallest absolute Gasteiger partial charge is 0.427 e. The van der Waals surface area contributed by atoms with Gasteiger partial charge in [0.25, 0.3) is 5.91 Å². The second-order valence-corrected chi connectivity index (χ2v) is 20.1. The molecular formula is C42H57F3N6O9S. The number of sulfonamides is 1. The lowest BCUT2D eigenvalue weighted by atomic mass is 9.85. The van der Waals surface area contributed by atoms with Gasteiger partial charge < -0.3 is 34.6 Å². The molecule has 336 valence electrons. The zero-order valence-corrected chi connectivity index (χ0v) is 36.7. The van der Waals surface area contributed by atoms with Crippen LogP contribution in [0.3, 0.4) is 0 Å². The molecule has 2 aliphatic carbocycles. The fourth-order valence-electron chi connectivity index (χ4n) is 8.13. The van der Waals surface area contributed by atoms with Gasteiger partial charge in [-0.05, 0) is 89.3 Å². The number of allylic oxidation sites excluding steroid dienone is 1. The Kier molecular flexibility index (Phi) is 12.6. The van der Waals surface area contributed by atoms with Crippen LogP contribution in [-0.4, -0.2) is 110 Å². The number of nitrogens with one attached hydrogen (secondary N) is 3. The first-order chi connectivity index (χ1) is 28.5. The Morgan fingerprint density at radius 1 is 1.11 bits per heavy atom. The van der Waals surface area contributed by atoms with Gasteiger partial charge in [-0.3, -0.25) is 19.1 Å². The summed E-state index contributed by atoms with van der Waals surface area (Å²) in [6.45, 7) is 6.48. The molecule has 1 aromatic carbocycles. The second kappa shape index (κ2) is 16.8. The topological polar surface area (TPSA) is 186 Å². The number of aromatic nitrogens is 1. The van der Waals surface area contributed by atoms with Crippen molar-refractivity contribution in [1.29, 1.82) is 0 Å². The van der Waals surface area contributed by atoms with Gasteiger partial charge in [-0.2, -0.15) is 13.2 Å². The predicted molar refractivity (Wildman–Crippen MR) is 220 cm³/mol. The zero-order chi connectivity index (χ0) is 44.9. The summed E-state index contributed by atoms with van der Waals surface area (Å²) < 4.78 is 86.0. The van der Waals surface area contributed by atoms with Crippen molar-refractivity contribution < 1.29 is 55.0 Å². The lowest BCUT2D eigenvalue weighted by Crippen LogP contribution is -2.60. The summed E-state index contributed by atoms with van der Waals surface area (Å²) in [7, 11) is 1.19. The van der Waals surface area contributed by atoms with Crippen LogP contribution >= 0.6 is 0 Å². The molecule has 7 unspecified atom stereocenters. The summed E-state index contributed by atoms with van der Waals surface area (Å²) in [4.78, 5) is 64.5. The average Bonchev–Trinajstić information content (AvgIpc) is 4.06. The van der Waals surface area contributed by atoms with Gasteiger partial charge >= 0.3 is 12.3 Å². The number of benzene rings is 1. The van der Waals surface area contributed by atoms with E-state index < -0.39 is 85.9 Å². The molecular weight excluding hydrogens is 822 g/mol. The van der Waals surface area contributed by atoms with Crippen LogP contribution in [0, 0.1) is 17.8 Å². The van der Waals surface area contributed by atoms with Crippen molar-refractivity contribution in [2.75, 3.05) is 32.6 Å². The van der Waals surface area contributed by atoms with Crippen molar-refractivity contribution in [3.8, 4) is 11.6 Å². The molecule has 15 nitrogen and oxygen atoms in total. The molecule has 0 radical (unpaired) electrons. The minimum Gasteiger partial charge on any atom is -0.494 e. The van der Waals surface area contributed by atoms with Crippen LogP contribution in [0.5, 0.6) is 11.6 Å². The Hall–Kier alpha value is -4.81. The molecule has 7 atom stereocenters. The average molecular weight is 879 g/mol. The van der Waals surface area contributed by atoms with Crippen LogP contribution < -0.4 is 29.7 Å². The van der Waals surface area contributed by atoms with Gasteiger partial charge in [0.1, 0.15) is 29.5 Å². The molecule has 0 bridgehead atoms. The Labute approximate surface area is 354 Å². The third-order valence-corrected chi connectivity index (χ3v) is 14.9. The number of alkyl carbamates (subject to hydrolysis) is 1. The number of hydrogen-bond donors (Lipinski definition) is 3. The zero-order valence-electron chi connectivity index (χ0n) is 35.9. The number of carbonyl (C=O) groups excluding carboxylic acids is 4. The number of anilines is 1. The van der Waals surface area contributed by atoms with Crippen LogP contribution in [0.2, 0.25) is 0 Å². The van der Waals surface area contributed by atoms with E-state index in [1.807, 2.05) is 50.2 Å². The molecule has 3 heterocycles. The normalized spacial score (nSPS) is 28.0. The lowest BCUT2D eigenvalue weighted by molar-refractivity contribution is -0.244. The van der Waals surface area contributed by atoms with Crippen LogP contribution in [0.25, 0.3) is 10.8 Å². The number of methoxy groups -OCH3 is 1. The van der Waals surface area contributed by atoms with E-state index in [-0.39, 0.29) is 31.2 Å². The minimum atomic E-state index is -4.92. The number of hydrogen-bond acceptors (Lipinski definition) is 11. The maximum Gasteiger partial charge on any atom is 0.427 e. The molecule has 3 N–H and O–H groups in total. The molecule has 6 rings (SSSR count). The highest BCUT2D eigenvalue weighted by Gasteiger charge is 2.63. The van der Waals surface area contributed by atoms with E-state index >= 15 is 0 Å². The standard InChI is InChI=1S/C42H57F3N6O9S/c1-9-25-18-24(2)12-10-11-13-26-21-41(26,37(54)49-61(56,57)40(5)16-17-40)48-34(52)31-20-28(23-51(31)36(53)33(25)47-38(55)60-39(3,4)42(43,44)45)59-35-29-15-14-27(50(6)7)19-30(29)32(58-8)22-46-35/h11,13-15,19,22,24-26,28,31,33H,9-10,12,16-18,20-21,23H2,1-8H3,(H,47,55)(H,48,52)(H,49,54). The van der Waals surface area contributed by atoms with Gasteiger partial charge in [0.2, 0.25) is 33.3 Å². The van der Waals surface area contributed by atoms with E-state index in [2.05, 4.69) is 20.3 Å². The molecule has 2 aliphatic heterocycles. The molecule has 4 amide bonds. The summed E-state index contributed by atoms with van der Waals surface area (Å²) in [6.07, 6.45) is 0.496. The number of amides is 4. The number of nitrogens with zero attached hydrogens (tertiary/aromatic N) is 3. The first-order valence-electron chi connectivity index (χ1n) is 20.7. The minimum absolute atomic E-state index is 0.0381. The van der Waals surface area contributed by atoms with Crippen molar-refractivity contribution in [3.63, 3.8) is 0 Å². The quantitative estimate of drug-likeness (QED) is 0.261. The molecule has 2 aromatic rings. The van der Waals surface area contributed by atoms with Crippen molar-refractivity contribution in [2.24, 2.45) is 17.8 Å². The van der Waals surface area contributed by atoms with Gasteiger partial charge in [0.15, 0.2) is 0 Å². The van der Waals surface area contributed by atoms with Crippen LogP contribution in [-0.2, 0) is 29.1 Å². The summed E-state index contributed by atoms with van der Waals surface area (Å²) in [5.74, 6) is -2.97. The second-order valence-electron chi connectivity index (χ2n) is 17.9. The van der Waals surface area contributed by atoms with Crippen molar-refractivity contribution >= 4 is 50.3 Å². The SMILES string of the molecule is CCC1CC(C)CCC=CC2CC2(C(=O)NS(=O)(=O)C2(C)CC2)NC(=O)C2CC(Oc3ncc(OC)c4cc(N(C)C)ccc34)CN2C(=O)C1NC(=O)OC(C)(C)C(F)(F)F. The molecule has 61 heavy (non-hydrogen) atoms. The summed E-state index contributed by atoms with van der Waals surface area (Å²) >= 11 is 0. The number of fused-ring (bicyclic) bond motifs is 3. The molecule has 0 spiro atoms. The number of ether oxygens (including phenoxy) is 3. The number of rotatable bonds is 10. The molecule has 2 saturated carbocycles. The molecule has 4 aliphatic rings. The summed E-state index contributed by atoms with van der Waals surface area (Å²) in [6, 6.07) is 2.80. The molecule has 1 aromatic heterocycles. The maximum atomic E-state index is 15.0. The molecule has 19 heteroatoms. The monoisotopic (exact) mass is 878 g/mol. The summed E-state index contributed by atoms with van der Waals surface area (Å²) in [5.41, 5.74) is -3.67. The van der Waals surface area contributed by atoms with E-state index in [0.717, 1.165) is 5.69 Å². The van der Waals surface area contributed by atoms with Gasteiger partial charge in [-0.1, -0.05) is 32.4 Å². The predicted octanol–water partition coefficient (Wildman–Crippen LogP) is 5.37. The highest BCUT2D eigenvalue weighted by atomic mass is 32.2. The van der Waals surface area contributed by atoms with E-state index in [1.54, 1.807) is 19.9 Å². The molecule has 3 fully saturated rings. The number of halogens is 3. The third-order valence-electron chi connectivity index (χ3n) is 12.7. The van der Waals surface area contributed by atoms with Crippen LogP contribution in [0.1, 0.15) is 86.0 Å². The van der Waals surface area contributed by atoms with Gasteiger partial charge in [-0.25, -0.2) is 18.2 Å². The van der Waals surface area contributed by atoms with E-state index in [9.17, 15) is 40.8 Å². The maximum absolute atomic E-state index is 15.0. The largest absolute Gasteiger partial charge is 0.494 e. The Balaban J connectivity index is 1.38. The van der Waals surface area contributed by atoms with Crippen molar-refractivity contribution in [1.82, 2.24) is 25.2 Å². The Morgan fingerprint density at radius 2 is 1.82 bits per heavy atom. The van der Waals surface area contributed by atoms with E-state index in [0.29, 0.717) is 68.9 Å². The van der Waals surface area contributed by atoms with Gasteiger partial charge in [0, 0.05) is 42.9 Å². The van der Waals surface area contributed by atoms with E-state index in [4.69, 9.17) is 14.2 Å². The molecule has 1 saturated heterocycles. The highest BCUT2D eigenvalue weighted by molar-refractivity contribution is 7.91. The Bertz CT molecular complexity index is 2180. The fourth-order valence-corrected chi connectivity index (χ4v) is 9.44. The number of pyridine rings is 1. The Morgan fingerprint density at radius 3 is 2.44 bits per heavy atom. The first-order valence-corrected chi connectivity index (χ1v) is 22.2. The van der Waals surface area contributed by atoms with Gasteiger partial charge in [0.05, 0.1) is 24.6 Å². The van der Waals surface area contributed by atoms with Crippen LogP contribution in [0.15, 0.2) is 36.5 Å². The van der Waals surface area contributed by atoms with Crippen LogP contribution in [0.4, 0.5) is 23.7 Å². The first kappa shape index (κ1) is 45.7. The highest BCUT2D eigenvalue weighted by Crippen LogP contribution is 2.48. The van der Waals surface area contributed by atoms with Crippen molar-refractivity contribution in [2.45, 2.75) is 126 Å². The number of alkyl halides is 3. The van der Waals surface area contributed by atoms with Gasteiger partial charge in [-0.15, -0.1) is 0 Å². The summed E-state index contributed by atoms with van der Waals surface area (Å²) in [5, 5.41) is 6.52.